The summed E-state index contributed by atoms with van der Waals surface area (Å²) >= 11 is 0. The molecule has 0 aromatic rings. The van der Waals surface area contributed by atoms with Gasteiger partial charge in [0, 0.05) is 14.1 Å². The molecule has 0 rings (SSSR count). The molecule has 0 spiro atoms. The van der Waals surface area contributed by atoms with E-state index in [2.05, 4.69) is 0 Å². The summed E-state index contributed by atoms with van der Waals surface area (Å²) in [6.45, 7) is 0. The lowest BCUT2D eigenvalue weighted by Gasteiger charge is -1.93. The highest BCUT2D eigenvalue weighted by Crippen LogP contribution is 1.52. The molecule has 47 valence electrons. The number of carbonyl (C=O) groups is 1. The molecule has 0 unspecified atom stereocenters. The molecule has 0 aliphatic heterocycles. The number of carbonyl (C=O) groups excluding carboxylic acids is 1. The molecule has 0 saturated carbocycles. The highest BCUT2D eigenvalue weighted by molar-refractivity contribution is 5.45. The largest absolute Gasteiger partial charge is 0.351 e. The van der Waals surface area contributed by atoms with E-state index in [1.165, 1.54) is 4.90 Å². The standard InChI is InChI=1S/C3H7NO.NO2/c1-4(2)3-5;2-1-3/h3H,1-2H3;. The van der Waals surface area contributed by atoms with Crippen LogP contribution >= 0.6 is 0 Å². The fourth-order valence-corrected chi connectivity index (χ4v) is 0. The van der Waals surface area contributed by atoms with Gasteiger partial charge in [-0.05, 0) is 0 Å². The molecule has 0 fully saturated rings. The first-order valence-electron chi connectivity index (χ1n) is 1.75. The minimum Gasteiger partial charge on any atom is -0.351 e. The average Bonchev–Trinajstić information content (AvgIpc) is 1.69. The van der Waals surface area contributed by atoms with Gasteiger partial charge in [-0.25, -0.2) is 0 Å². The van der Waals surface area contributed by atoms with Gasteiger partial charge in [0.2, 0.25) is 11.8 Å². The second-order valence-electron chi connectivity index (χ2n) is 1.14. The second kappa shape index (κ2) is 9.30. The SMILES string of the molecule is CN(C)C=O.[O]N=O. The van der Waals surface area contributed by atoms with Crippen molar-refractivity contribution in [2.24, 2.45) is 5.34 Å². The minimum absolute atomic E-state index is 0.750. The third-order valence-corrected chi connectivity index (χ3v) is 0.211. The molecule has 0 aromatic heterocycles. The highest BCUT2D eigenvalue weighted by Gasteiger charge is 1.68. The Balaban J connectivity index is 0. The van der Waals surface area contributed by atoms with E-state index in [0.29, 0.717) is 0 Å². The molecule has 1 radical (unpaired) electrons. The fraction of sp³-hybridized carbons (Fsp3) is 0.667. The van der Waals surface area contributed by atoms with Crippen molar-refractivity contribution in [3.8, 4) is 0 Å². The number of hydrogen-bond acceptors (Lipinski definition) is 3. The number of nitrogens with zero attached hydrogens (tertiary/aromatic N) is 2. The van der Waals surface area contributed by atoms with Crippen molar-refractivity contribution in [1.82, 2.24) is 4.90 Å². The van der Waals surface area contributed by atoms with E-state index in [0.717, 1.165) is 11.8 Å². The predicted octanol–water partition coefficient (Wildman–Crippen LogP) is -0.197. The maximum Gasteiger partial charge on any atom is 0.209 e. The first kappa shape index (κ1) is 9.98. The summed E-state index contributed by atoms with van der Waals surface area (Å²) in [5.41, 5.74) is 0. The Morgan fingerprint density at radius 1 is 1.50 bits per heavy atom. The van der Waals surface area contributed by atoms with Crippen molar-refractivity contribution < 1.29 is 10.0 Å². The number of hydrogen-bond donors (Lipinski definition) is 0. The molecule has 0 N–H and O–H groups in total. The molecule has 8 heavy (non-hydrogen) atoms. The van der Waals surface area contributed by atoms with Crippen LogP contribution in [0.5, 0.6) is 0 Å². The van der Waals surface area contributed by atoms with Crippen molar-refractivity contribution in [2.75, 3.05) is 14.1 Å². The number of amides is 1. The molecule has 0 aliphatic carbocycles. The quantitative estimate of drug-likeness (QED) is 0.272. The maximum absolute atomic E-state index is 9.43. The molecule has 0 heterocycles. The van der Waals surface area contributed by atoms with Crippen LogP contribution in [-0.4, -0.2) is 25.4 Å². The minimum atomic E-state index is 0.750. The van der Waals surface area contributed by atoms with E-state index >= 15 is 0 Å². The van der Waals surface area contributed by atoms with Gasteiger partial charge in [0.05, 0.1) is 0 Å². The third-order valence-electron chi connectivity index (χ3n) is 0.211. The zero-order chi connectivity index (χ0) is 6.99. The number of rotatable bonds is 1. The van der Waals surface area contributed by atoms with Crippen LogP contribution in [0, 0.1) is 4.91 Å². The molecule has 0 atom stereocenters. The van der Waals surface area contributed by atoms with Crippen LogP contribution in [0.3, 0.4) is 0 Å². The van der Waals surface area contributed by atoms with Gasteiger partial charge in [-0.15, -0.1) is 10.1 Å². The summed E-state index contributed by atoms with van der Waals surface area (Å²) in [7, 11) is 3.38. The van der Waals surface area contributed by atoms with E-state index in [1.54, 1.807) is 14.1 Å². The van der Waals surface area contributed by atoms with Crippen LogP contribution in [0.1, 0.15) is 0 Å². The lowest BCUT2D eigenvalue weighted by molar-refractivity contribution is -0.115. The predicted molar refractivity (Wildman–Crippen MR) is 26.2 cm³/mol. The Kier molecular flexibility index (Phi) is 11.6. The Morgan fingerprint density at radius 2 is 1.62 bits per heavy atom. The van der Waals surface area contributed by atoms with Crippen molar-refractivity contribution in [3.05, 3.63) is 4.91 Å². The summed E-state index contributed by atoms with van der Waals surface area (Å²) in [6.07, 6.45) is 0.750. The van der Waals surface area contributed by atoms with Gasteiger partial charge in [-0.1, -0.05) is 0 Å². The van der Waals surface area contributed by atoms with Gasteiger partial charge < -0.3 is 4.90 Å². The van der Waals surface area contributed by atoms with Crippen molar-refractivity contribution in [1.29, 1.82) is 0 Å². The van der Waals surface area contributed by atoms with Gasteiger partial charge in [0.25, 0.3) is 0 Å². The first-order chi connectivity index (χ1) is 3.68. The fourth-order valence-electron chi connectivity index (χ4n) is 0. The van der Waals surface area contributed by atoms with Crippen LogP contribution in [-0.2, 0) is 10.0 Å². The molecular weight excluding hydrogens is 112 g/mol. The van der Waals surface area contributed by atoms with Gasteiger partial charge >= 0.3 is 0 Å². The zero-order valence-electron chi connectivity index (χ0n) is 4.70. The van der Waals surface area contributed by atoms with Gasteiger partial charge in [-0.3, -0.25) is 4.79 Å². The first-order valence-corrected chi connectivity index (χ1v) is 1.75. The zero-order valence-corrected chi connectivity index (χ0v) is 4.70. The summed E-state index contributed by atoms with van der Waals surface area (Å²) in [5.74, 6) is 0. The molecule has 5 nitrogen and oxygen atoms in total. The molecule has 5 heteroatoms. The molecular formula is C3H7N2O3. The van der Waals surface area contributed by atoms with E-state index in [1.807, 2.05) is 0 Å². The van der Waals surface area contributed by atoms with Crippen LogP contribution < -0.4 is 0 Å². The monoisotopic (exact) mass is 119 g/mol. The average molecular weight is 119 g/mol. The Hall–Kier alpha value is -1.13. The molecule has 0 bridgehead atoms. The maximum atomic E-state index is 9.43. The van der Waals surface area contributed by atoms with Crippen LogP contribution in [0.15, 0.2) is 5.34 Å². The summed E-state index contributed by atoms with van der Waals surface area (Å²) in [6, 6.07) is 0. The molecule has 0 aliphatic rings. The summed E-state index contributed by atoms with van der Waals surface area (Å²) in [5, 5.41) is 9.00. The smallest absolute Gasteiger partial charge is 0.209 e. The van der Waals surface area contributed by atoms with Gasteiger partial charge in [0.15, 0.2) is 0 Å². The highest BCUT2D eigenvalue weighted by atomic mass is 16.6. The third kappa shape index (κ3) is 96.4. The van der Waals surface area contributed by atoms with Crippen LogP contribution in [0.4, 0.5) is 0 Å². The van der Waals surface area contributed by atoms with Crippen molar-refractivity contribution in [2.45, 2.75) is 0 Å². The van der Waals surface area contributed by atoms with E-state index in [9.17, 15) is 4.79 Å². The Morgan fingerprint density at radius 3 is 1.62 bits per heavy atom. The molecule has 0 saturated heterocycles. The lowest BCUT2D eigenvalue weighted by atomic mass is 11.0. The Bertz CT molecular complexity index is 63.5. The van der Waals surface area contributed by atoms with Crippen LogP contribution in [0.2, 0.25) is 0 Å². The Labute approximate surface area is 46.8 Å². The second-order valence-corrected chi connectivity index (χ2v) is 1.14. The molecule has 1 amide bonds. The van der Waals surface area contributed by atoms with E-state index in [4.69, 9.17) is 10.1 Å². The van der Waals surface area contributed by atoms with Crippen molar-refractivity contribution >= 4 is 6.41 Å². The summed E-state index contributed by atoms with van der Waals surface area (Å²) < 4.78 is 0. The summed E-state index contributed by atoms with van der Waals surface area (Å²) in [4.78, 5) is 18.9. The lowest BCUT2D eigenvalue weighted by Crippen LogP contribution is -2.06. The van der Waals surface area contributed by atoms with Crippen molar-refractivity contribution in [3.63, 3.8) is 0 Å². The topological polar surface area (TPSA) is 69.6 Å². The normalized spacial score (nSPS) is 5.75. The van der Waals surface area contributed by atoms with Gasteiger partial charge in [-0.2, -0.15) is 0 Å². The molecule has 0 aromatic carbocycles. The van der Waals surface area contributed by atoms with Crippen LogP contribution in [0.25, 0.3) is 0 Å². The van der Waals surface area contributed by atoms with Gasteiger partial charge in [0.1, 0.15) is 0 Å². The van der Waals surface area contributed by atoms with E-state index < -0.39 is 0 Å². The van der Waals surface area contributed by atoms with E-state index in [-0.39, 0.29) is 0 Å².